The molecule has 0 atom stereocenters. The number of carboxylic acid groups (broad SMARTS) is 1. The molecule has 0 aliphatic heterocycles. The number of nitrogens with zero attached hydrogens (tertiary/aromatic N) is 1. The first-order valence-corrected chi connectivity index (χ1v) is 5.63. The SMILES string of the molecule is CC(C)(C)C(=O)[O-].C[N+](C)(C)CCCCO. The zero-order valence-electron chi connectivity index (χ0n) is 11.5. The molecule has 0 radical (unpaired) electrons. The molecule has 0 unspecified atom stereocenters. The summed E-state index contributed by atoms with van der Waals surface area (Å²) in [5, 5.41) is 18.4. The average molecular weight is 233 g/mol. The van der Waals surface area contributed by atoms with E-state index >= 15 is 0 Å². The molecule has 0 amide bonds. The largest absolute Gasteiger partial charge is 0.550 e. The van der Waals surface area contributed by atoms with Crippen LogP contribution in [0, 0.1) is 5.41 Å². The number of carbonyl (C=O) groups excluding carboxylic acids is 1. The fourth-order valence-corrected chi connectivity index (χ4v) is 0.698. The Morgan fingerprint density at radius 1 is 1.19 bits per heavy atom. The quantitative estimate of drug-likeness (QED) is 0.559. The summed E-state index contributed by atoms with van der Waals surface area (Å²) in [6, 6.07) is 0. The molecular formula is C12H27NO3. The Morgan fingerprint density at radius 3 is 1.75 bits per heavy atom. The maximum absolute atomic E-state index is 9.91. The number of unbranched alkanes of at least 4 members (excludes halogenated alkanes) is 1. The van der Waals surface area contributed by atoms with E-state index in [1.807, 2.05) is 0 Å². The first-order valence-electron chi connectivity index (χ1n) is 5.63. The Kier molecular flexibility index (Phi) is 8.47. The van der Waals surface area contributed by atoms with Gasteiger partial charge in [-0.2, -0.15) is 0 Å². The second-order valence-corrected chi connectivity index (χ2v) is 5.98. The van der Waals surface area contributed by atoms with E-state index in [0.717, 1.165) is 23.9 Å². The Labute approximate surface area is 99.5 Å². The van der Waals surface area contributed by atoms with Crippen LogP contribution in [-0.4, -0.2) is 49.9 Å². The summed E-state index contributed by atoms with van der Waals surface area (Å²) in [5.74, 6) is -1.01. The average Bonchev–Trinajstić information content (AvgIpc) is 2.01. The standard InChI is InChI=1S/C7H18NO.C5H10O2/c1-8(2,3)6-4-5-7-9;1-5(2,3)4(6)7/h9H,4-7H2,1-3H3;1-3H3,(H,6,7)/q+1;/p-1. The van der Waals surface area contributed by atoms with Crippen molar-refractivity contribution in [1.82, 2.24) is 0 Å². The van der Waals surface area contributed by atoms with Gasteiger partial charge < -0.3 is 19.5 Å². The minimum Gasteiger partial charge on any atom is -0.550 e. The van der Waals surface area contributed by atoms with E-state index in [4.69, 9.17) is 5.11 Å². The minimum atomic E-state index is -1.01. The lowest BCUT2D eigenvalue weighted by molar-refractivity contribution is -0.870. The lowest BCUT2D eigenvalue weighted by Crippen LogP contribution is -2.35. The van der Waals surface area contributed by atoms with Gasteiger partial charge in [-0.05, 0) is 12.8 Å². The highest BCUT2D eigenvalue weighted by atomic mass is 16.4. The topological polar surface area (TPSA) is 60.4 Å². The smallest absolute Gasteiger partial charge is 0.0781 e. The number of aliphatic hydroxyl groups is 1. The number of aliphatic hydroxyl groups excluding tert-OH is 1. The first kappa shape index (κ1) is 17.8. The van der Waals surface area contributed by atoms with Gasteiger partial charge in [0, 0.05) is 18.0 Å². The third-order valence-electron chi connectivity index (χ3n) is 1.85. The fourth-order valence-electron chi connectivity index (χ4n) is 0.698. The van der Waals surface area contributed by atoms with Crippen molar-refractivity contribution in [2.75, 3.05) is 34.3 Å². The minimum absolute atomic E-state index is 0.333. The zero-order valence-corrected chi connectivity index (χ0v) is 11.5. The number of quaternary nitrogens is 1. The van der Waals surface area contributed by atoms with Gasteiger partial charge in [-0.1, -0.05) is 20.8 Å². The van der Waals surface area contributed by atoms with E-state index in [-0.39, 0.29) is 0 Å². The molecule has 0 bridgehead atoms. The third-order valence-corrected chi connectivity index (χ3v) is 1.85. The molecule has 0 aromatic rings. The molecular weight excluding hydrogens is 206 g/mol. The Morgan fingerprint density at radius 2 is 1.56 bits per heavy atom. The molecule has 0 aliphatic rings. The summed E-state index contributed by atoms with van der Waals surface area (Å²) in [7, 11) is 6.49. The molecule has 0 fully saturated rings. The van der Waals surface area contributed by atoms with Crippen LogP contribution < -0.4 is 5.11 Å². The van der Waals surface area contributed by atoms with Crippen molar-refractivity contribution in [2.24, 2.45) is 5.41 Å². The van der Waals surface area contributed by atoms with Crippen LogP contribution in [0.15, 0.2) is 0 Å². The molecule has 0 rings (SSSR count). The van der Waals surface area contributed by atoms with Gasteiger partial charge in [0.1, 0.15) is 0 Å². The van der Waals surface area contributed by atoms with Crippen LogP contribution in [0.2, 0.25) is 0 Å². The van der Waals surface area contributed by atoms with Gasteiger partial charge in [0.05, 0.1) is 27.7 Å². The highest BCUT2D eigenvalue weighted by Gasteiger charge is 2.09. The summed E-state index contributed by atoms with van der Waals surface area (Å²) >= 11 is 0. The van der Waals surface area contributed by atoms with Gasteiger partial charge in [-0.3, -0.25) is 0 Å². The highest BCUT2D eigenvalue weighted by molar-refractivity contribution is 5.70. The van der Waals surface area contributed by atoms with Crippen LogP contribution in [0.1, 0.15) is 33.6 Å². The van der Waals surface area contributed by atoms with Gasteiger partial charge in [-0.15, -0.1) is 0 Å². The Hall–Kier alpha value is -0.610. The van der Waals surface area contributed by atoms with Gasteiger partial charge in [-0.25, -0.2) is 0 Å². The van der Waals surface area contributed by atoms with Gasteiger partial charge >= 0.3 is 0 Å². The summed E-state index contributed by atoms with van der Waals surface area (Å²) < 4.78 is 1.00. The van der Waals surface area contributed by atoms with Crippen LogP contribution in [0.4, 0.5) is 0 Å². The second kappa shape index (κ2) is 7.63. The molecule has 0 aromatic heterocycles. The molecule has 0 aliphatic carbocycles. The maximum atomic E-state index is 9.91. The van der Waals surface area contributed by atoms with E-state index in [9.17, 15) is 9.90 Å². The number of rotatable bonds is 4. The van der Waals surface area contributed by atoms with Gasteiger partial charge in [0.25, 0.3) is 0 Å². The predicted molar refractivity (Wildman–Crippen MR) is 63.7 cm³/mol. The van der Waals surface area contributed by atoms with Gasteiger partial charge in [0.2, 0.25) is 0 Å². The first-order chi connectivity index (χ1) is 7.00. The normalized spacial score (nSPS) is 11.7. The van der Waals surface area contributed by atoms with E-state index in [2.05, 4.69) is 21.1 Å². The van der Waals surface area contributed by atoms with E-state index in [0.29, 0.717) is 6.61 Å². The molecule has 4 heteroatoms. The molecule has 0 saturated carbocycles. The fraction of sp³-hybridized carbons (Fsp3) is 0.917. The van der Waals surface area contributed by atoms with Crippen LogP contribution in [-0.2, 0) is 4.79 Å². The summed E-state index contributed by atoms with van der Waals surface area (Å²) in [6.45, 7) is 6.29. The second-order valence-electron chi connectivity index (χ2n) is 5.98. The van der Waals surface area contributed by atoms with Crippen molar-refractivity contribution in [3.8, 4) is 0 Å². The van der Waals surface area contributed by atoms with Gasteiger partial charge in [0.15, 0.2) is 0 Å². The molecule has 0 saturated heterocycles. The number of hydrogen-bond acceptors (Lipinski definition) is 3. The summed E-state index contributed by atoms with van der Waals surface area (Å²) in [6.07, 6.45) is 2.06. The maximum Gasteiger partial charge on any atom is 0.0781 e. The summed E-state index contributed by atoms with van der Waals surface area (Å²) in [5.41, 5.74) is -0.694. The van der Waals surface area contributed by atoms with Crippen LogP contribution >= 0.6 is 0 Å². The summed E-state index contributed by atoms with van der Waals surface area (Å²) in [4.78, 5) is 9.91. The Balaban J connectivity index is 0. The van der Waals surface area contributed by atoms with Crippen molar-refractivity contribution in [3.05, 3.63) is 0 Å². The molecule has 0 heterocycles. The van der Waals surface area contributed by atoms with Crippen LogP contribution in [0.3, 0.4) is 0 Å². The van der Waals surface area contributed by atoms with E-state index in [1.54, 1.807) is 20.8 Å². The van der Waals surface area contributed by atoms with Crippen LogP contribution in [0.25, 0.3) is 0 Å². The van der Waals surface area contributed by atoms with E-state index < -0.39 is 11.4 Å². The lowest BCUT2D eigenvalue weighted by Gasteiger charge is -2.23. The Bertz CT molecular complexity index is 189. The molecule has 98 valence electrons. The van der Waals surface area contributed by atoms with Crippen molar-refractivity contribution < 1.29 is 19.5 Å². The number of carbonyl (C=O) groups is 1. The molecule has 4 nitrogen and oxygen atoms in total. The van der Waals surface area contributed by atoms with Crippen LogP contribution in [0.5, 0.6) is 0 Å². The molecule has 16 heavy (non-hydrogen) atoms. The zero-order chi connectivity index (χ0) is 13.4. The van der Waals surface area contributed by atoms with Crippen molar-refractivity contribution in [3.63, 3.8) is 0 Å². The highest BCUT2D eigenvalue weighted by Crippen LogP contribution is 2.09. The number of hydrogen-bond donors (Lipinski definition) is 1. The number of aliphatic carboxylic acids is 1. The molecule has 0 spiro atoms. The predicted octanol–water partition coefficient (Wildman–Crippen LogP) is 0.248. The monoisotopic (exact) mass is 233 g/mol. The number of carboxylic acids is 1. The third kappa shape index (κ3) is 15.8. The van der Waals surface area contributed by atoms with Crippen molar-refractivity contribution >= 4 is 5.97 Å². The molecule has 0 aromatic carbocycles. The van der Waals surface area contributed by atoms with E-state index in [1.165, 1.54) is 0 Å². The molecule has 1 N–H and O–H groups in total. The lowest BCUT2D eigenvalue weighted by atomic mass is 9.98. The van der Waals surface area contributed by atoms with Crippen molar-refractivity contribution in [1.29, 1.82) is 0 Å². The van der Waals surface area contributed by atoms with Crippen molar-refractivity contribution in [2.45, 2.75) is 33.6 Å².